The number of aliphatic imine (C=N–C) groups is 1. The Bertz CT molecular complexity index is 3100. The number of aromatic amines is 2. The monoisotopic (exact) mass is 1220 g/mol. The molecule has 29 heteroatoms. The first-order valence-corrected chi connectivity index (χ1v) is 28.8. The van der Waals surface area contributed by atoms with Crippen LogP contribution >= 0.6 is 0 Å². The van der Waals surface area contributed by atoms with E-state index in [9.17, 15) is 68.1 Å². The molecule has 2 aromatic heterocycles. The maximum atomic E-state index is 14.6. The lowest BCUT2D eigenvalue weighted by atomic mass is 9.94. The molecule has 4 rings (SSSR count). The van der Waals surface area contributed by atoms with Gasteiger partial charge in [0.25, 0.3) is 0 Å². The highest BCUT2D eigenvalue weighted by Gasteiger charge is 2.38. The highest BCUT2D eigenvalue weighted by atomic mass is 16.4. The number of benzene rings is 2. The number of carbonyl (C=O) groups is 11. The predicted octanol–water partition coefficient (Wildman–Crippen LogP) is -1.35. The third kappa shape index (κ3) is 21.1. The van der Waals surface area contributed by atoms with Crippen molar-refractivity contribution < 1.29 is 68.1 Å². The molecule has 2 aromatic carbocycles. The number of fused-ring (bicyclic) bond motifs is 2. The number of nitrogens with one attached hydrogen (secondary N) is 10. The number of nitrogens with zero attached hydrogens (tertiary/aromatic N) is 1. The van der Waals surface area contributed by atoms with Gasteiger partial charge in [-0.05, 0) is 73.6 Å². The normalized spacial score (nSPS) is 15.5. The highest BCUT2D eigenvalue weighted by molar-refractivity contribution is 6.00. The van der Waals surface area contributed by atoms with Crippen molar-refractivity contribution >= 4 is 92.9 Å². The van der Waals surface area contributed by atoms with Gasteiger partial charge in [0.1, 0.15) is 48.3 Å². The lowest BCUT2D eigenvalue weighted by Gasteiger charge is -2.31. The number of hydrogen-bond acceptors (Lipinski definition) is 14. The summed E-state index contributed by atoms with van der Waals surface area (Å²) in [5.74, 6) is -13.7. The summed E-state index contributed by atoms with van der Waals surface area (Å²) in [7, 11) is 0. The number of rotatable bonds is 36. The zero-order valence-corrected chi connectivity index (χ0v) is 49.9. The molecule has 0 aliphatic carbocycles. The Balaban J connectivity index is 1.64. The molecule has 29 nitrogen and oxygen atoms in total. The van der Waals surface area contributed by atoms with Crippen molar-refractivity contribution in [2.75, 3.05) is 6.54 Å². The zero-order chi connectivity index (χ0) is 64.8. The number of carbonyl (C=O) groups excluding carboxylic acids is 9. The molecule has 0 unspecified atom stereocenters. The van der Waals surface area contributed by atoms with E-state index in [1.165, 1.54) is 20.0 Å². The van der Waals surface area contributed by atoms with Crippen LogP contribution in [0, 0.1) is 17.8 Å². The van der Waals surface area contributed by atoms with Crippen molar-refractivity contribution in [1.82, 2.24) is 52.5 Å². The fraction of sp³-hybridized carbons (Fsp3) is 0.517. The van der Waals surface area contributed by atoms with Gasteiger partial charge >= 0.3 is 11.9 Å². The molecule has 0 bridgehead atoms. The number of aliphatic hydroxyl groups excluding tert-OH is 1. The van der Waals surface area contributed by atoms with Crippen LogP contribution in [0.5, 0.6) is 0 Å². The molecule has 12 atom stereocenters. The van der Waals surface area contributed by atoms with Crippen LogP contribution in [0.3, 0.4) is 0 Å². The number of H-pyrrole nitrogens is 2. The molecule has 87 heavy (non-hydrogen) atoms. The molecule has 4 aromatic rings. The molecule has 0 aliphatic rings. The molecule has 0 saturated heterocycles. The lowest BCUT2D eigenvalue weighted by Crippen LogP contribution is -2.62. The Hall–Kier alpha value is -9.12. The second kappa shape index (κ2) is 33.5. The molecule has 0 radical (unpaired) electrons. The number of aliphatic carboxylic acids is 2. The zero-order valence-electron chi connectivity index (χ0n) is 49.9. The van der Waals surface area contributed by atoms with Crippen molar-refractivity contribution in [3.63, 3.8) is 0 Å². The minimum Gasteiger partial charge on any atom is -0.481 e. The fourth-order valence-electron chi connectivity index (χ4n) is 9.48. The maximum Gasteiger partial charge on any atom is 0.326 e. The quantitative estimate of drug-likeness (QED) is 0.0142. The minimum absolute atomic E-state index is 0.0379. The maximum absolute atomic E-state index is 14.6. The summed E-state index contributed by atoms with van der Waals surface area (Å²) in [6.45, 7) is 11.1. The van der Waals surface area contributed by atoms with E-state index < -0.39 is 163 Å². The van der Waals surface area contributed by atoms with Crippen molar-refractivity contribution in [2.24, 2.45) is 45.7 Å². The predicted molar refractivity (Wildman–Crippen MR) is 321 cm³/mol. The van der Waals surface area contributed by atoms with Crippen molar-refractivity contribution in [3.05, 3.63) is 72.1 Å². The number of guanidine groups is 1. The van der Waals surface area contributed by atoms with Gasteiger partial charge in [0.2, 0.25) is 53.2 Å². The Labute approximate surface area is 502 Å². The number of carboxylic acid groups (broad SMARTS) is 2. The fourth-order valence-corrected chi connectivity index (χ4v) is 9.48. The van der Waals surface area contributed by atoms with Crippen LogP contribution in [0.2, 0.25) is 0 Å². The Morgan fingerprint density at radius 1 is 0.529 bits per heavy atom. The van der Waals surface area contributed by atoms with Gasteiger partial charge < -0.3 is 90.8 Å². The summed E-state index contributed by atoms with van der Waals surface area (Å²) in [4.78, 5) is 160. The topological polar surface area (TPSA) is 493 Å². The minimum atomic E-state index is -1.87. The van der Waals surface area contributed by atoms with E-state index >= 15 is 0 Å². The van der Waals surface area contributed by atoms with Gasteiger partial charge in [-0.2, -0.15) is 0 Å². The first-order chi connectivity index (χ1) is 41.1. The summed E-state index contributed by atoms with van der Waals surface area (Å²) in [6, 6.07) is 0.688. The van der Waals surface area contributed by atoms with E-state index in [1.807, 2.05) is 31.2 Å². The average Bonchev–Trinajstić information content (AvgIpc) is 2.61. The number of amides is 9. The van der Waals surface area contributed by atoms with Gasteiger partial charge in [0, 0.05) is 53.6 Å². The molecule has 2 heterocycles. The molecule has 0 saturated carbocycles. The van der Waals surface area contributed by atoms with Gasteiger partial charge in [0.05, 0.1) is 18.6 Å². The van der Waals surface area contributed by atoms with Gasteiger partial charge in [-0.1, -0.05) is 90.8 Å². The standard InChI is InChI=1S/C58H85N15O14/c1-8-29(5)46(72-55(84)47(30(6)9-2)71-49(78)36(59)23-32-26-64-37-17-12-10-15-34(32)37)54(83)67-39(19-14-22-63-58(61)62)50(79)69-42(25-43(60)75)53(82)68-41(24-33-27-65-38-18-13-11-16-35(33)38)52(81)66-40(20-21-44(76)77)51(80)73-48(31(7)74)56(85)70-45(28(3)4)57(86)87/h10-13,15-18,26-31,36,39-42,45-48,64-65,74H,8-9,14,19-25,59H2,1-7H3,(H2,60,75)(H,66,81)(H,67,83)(H,68,82)(H,69,79)(H,70,85)(H,71,78)(H,72,84)(H,73,80)(H,76,77)(H,86,87)(H4,61,62,63)/t29-,30-,31+,36-,39-,40-,41-,42-,45-,46-,47-,48-/m0/s1. The average molecular weight is 1220 g/mol. The van der Waals surface area contributed by atoms with Crippen LogP contribution < -0.4 is 65.5 Å². The Morgan fingerprint density at radius 3 is 1.46 bits per heavy atom. The molecule has 0 spiro atoms. The number of para-hydroxylation sites is 2. The molecule has 0 fully saturated rings. The van der Waals surface area contributed by atoms with Gasteiger partial charge in [0.15, 0.2) is 5.96 Å². The summed E-state index contributed by atoms with van der Waals surface area (Å²) in [5.41, 5.74) is 25.8. The first-order valence-electron chi connectivity index (χ1n) is 28.8. The van der Waals surface area contributed by atoms with E-state index in [-0.39, 0.29) is 38.2 Å². The van der Waals surface area contributed by atoms with E-state index in [0.29, 0.717) is 29.3 Å². The number of carboxylic acids is 2. The second-order valence-electron chi connectivity index (χ2n) is 22.1. The van der Waals surface area contributed by atoms with E-state index in [1.54, 1.807) is 51.2 Å². The molecule has 476 valence electrons. The second-order valence-corrected chi connectivity index (χ2v) is 22.1. The van der Waals surface area contributed by atoms with Crippen molar-refractivity contribution in [1.29, 1.82) is 0 Å². The summed E-state index contributed by atoms with van der Waals surface area (Å²) < 4.78 is 0. The van der Waals surface area contributed by atoms with Crippen LogP contribution in [-0.2, 0) is 65.6 Å². The van der Waals surface area contributed by atoms with E-state index in [4.69, 9.17) is 22.9 Å². The number of aliphatic hydroxyl groups is 1. The van der Waals surface area contributed by atoms with E-state index in [0.717, 1.165) is 23.4 Å². The summed E-state index contributed by atoms with van der Waals surface area (Å²) in [5, 5.41) is 51.5. The van der Waals surface area contributed by atoms with E-state index in [2.05, 4.69) is 57.5 Å². The lowest BCUT2D eigenvalue weighted by molar-refractivity contribution is -0.144. The summed E-state index contributed by atoms with van der Waals surface area (Å²) in [6.07, 6.45) is -0.132. The third-order valence-corrected chi connectivity index (χ3v) is 15.0. The SMILES string of the molecule is CC[C@H](C)[C@H](NC(=O)[C@@H](NC(=O)[C@@H](N)Cc1c[nH]c2ccccc12)[C@@H](C)CC)C(=O)N[C@@H](CCCN=C(N)N)C(=O)N[C@@H](CC(N)=O)C(=O)N[C@@H](Cc1c[nH]c2ccccc12)C(=O)N[C@@H](CCC(=O)O)C(=O)N[C@H](C(=O)N[C@H](C(=O)O)C(C)C)[C@@H](C)O. The number of nitrogens with two attached hydrogens (primary N) is 4. The molecule has 0 aliphatic heterocycles. The van der Waals surface area contributed by atoms with Crippen molar-refractivity contribution in [2.45, 2.75) is 167 Å². The van der Waals surface area contributed by atoms with Crippen molar-refractivity contribution in [3.8, 4) is 0 Å². The van der Waals surface area contributed by atoms with Gasteiger partial charge in [-0.3, -0.25) is 52.9 Å². The number of aromatic nitrogens is 2. The smallest absolute Gasteiger partial charge is 0.326 e. The molecular weight excluding hydrogens is 1130 g/mol. The highest BCUT2D eigenvalue weighted by Crippen LogP contribution is 2.22. The van der Waals surface area contributed by atoms with Crippen LogP contribution in [0.25, 0.3) is 21.8 Å². The number of hydrogen-bond donors (Lipinski definition) is 17. The van der Waals surface area contributed by atoms with Gasteiger partial charge in [-0.25, -0.2) is 4.79 Å². The Morgan fingerprint density at radius 2 is 0.954 bits per heavy atom. The Kier molecular flexibility index (Phi) is 27.1. The molecular formula is C58H85N15O14. The van der Waals surface area contributed by atoms with Crippen LogP contribution in [0.15, 0.2) is 65.9 Å². The number of primary amides is 1. The van der Waals surface area contributed by atoms with Crippen LogP contribution in [-0.4, -0.2) is 163 Å². The summed E-state index contributed by atoms with van der Waals surface area (Å²) >= 11 is 0. The third-order valence-electron chi connectivity index (χ3n) is 15.0. The van der Waals surface area contributed by atoms with Crippen LogP contribution in [0.4, 0.5) is 0 Å². The van der Waals surface area contributed by atoms with Crippen LogP contribution in [0.1, 0.15) is 105 Å². The largest absolute Gasteiger partial charge is 0.481 e. The first kappa shape index (κ1) is 70.4. The molecule has 21 N–H and O–H groups in total. The molecule has 9 amide bonds. The van der Waals surface area contributed by atoms with Gasteiger partial charge in [-0.15, -0.1) is 0 Å².